The van der Waals surface area contributed by atoms with Gasteiger partial charge in [0, 0.05) is 78.4 Å². The quantitative estimate of drug-likeness (QED) is 0.0180. The minimum atomic E-state index is -0.917. The Labute approximate surface area is 437 Å². The van der Waals surface area contributed by atoms with Gasteiger partial charge in [-0.3, -0.25) is 24.5 Å². The van der Waals surface area contributed by atoms with Crippen LogP contribution in [0.3, 0.4) is 0 Å². The SMILES string of the molecule is C.C.COC(=O)C(=O)c1cn(CCCNC(=O)OC(C)(C)C)c2ncccc12.COc1ccccc1C1=C(c2cn(CCCNC(=O)OC(C)(C)C)c3ncccc23)C(=O)NC1=O.COc1ccccc1CC(N)=O. The van der Waals surface area contributed by atoms with Gasteiger partial charge in [-0.2, -0.15) is 0 Å². The van der Waals surface area contributed by atoms with Crippen LogP contribution in [0, 0.1) is 0 Å². The van der Waals surface area contributed by atoms with Gasteiger partial charge >= 0.3 is 18.2 Å². The fourth-order valence-corrected chi connectivity index (χ4v) is 7.53. The number of carbonyl (C=O) groups is 7. The second-order valence-electron chi connectivity index (χ2n) is 18.3. The number of para-hydroxylation sites is 2. The molecular formula is C55H70N8O12. The topological polar surface area (TPSA) is 263 Å². The predicted molar refractivity (Wildman–Crippen MR) is 286 cm³/mol. The molecule has 0 radical (unpaired) electrons. The van der Waals surface area contributed by atoms with E-state index in [0.717, 1.165) is 10.9 Å². The summed E-state index contributed by atoms with van der Waals surface area (Å²) in [5.74, 6) is -1.71. The van der Waals surface area contributed by atoms with Gasteiger partial charge in [0.25, 0.3) is 17.6 Å². The summed E-state index contributed by atoms with van der Waals surface area (Å²) in [5, 5.41) is 9.19. The largest absolute Gasteiger partial charge is 0.496 e. The van der Waals surface area contributed by atoms with Crippen molar-refractivity contribution in [2.75, 3.05) is 34.4 Å². The van der Waals surface area contributed by atoms with Gasteiger partial charge in [0.05, 0.1) is 44.5 Å². The van der Waals surface area contributed by atoms with E-state index >= 15 is 0 Å². The van der Waals surface area contributed by atoms with E-state index in [1.807, 2.05) is 55.8 Å². The lowest BCUT2D eigenvalue weighted by Gasteiger charge is -2.19. The standard InChI is InChI=1S/C26H28N4O5.C18H23N3O5.C9H11NO2.2CH4/c1-26(2,3)35-25(33)28-13-8-14-30-15-18(16-10-7-12-27-22(16)30)21-20(23(31)29-24(21)32)17-9-5-6-11-19(17)34-4;1-18(2,3)26-17(24)20-9-6-10-21-11-13(14(22)16(23)25-4)12-7-5-8-19-15(12)21;1-12-8-5-3-2-4-7(8)6-9(10)11;;/h5-7,9-12,15H,8,13-14H2,1-4H3,(H,28,33)(H,29,31,32);5,7-8,11H,6,9-10H2,1-4H3,(H,20,24);2-5H,6H2,1H3,(H2,10,11);2*1H4. The summed E-state index contributed by atoms with van der Waals surface area (Å²) < 4.78 is 29.1. The van der Waals surface area contributed by atoms with Crippen molar-refractivity contribution in [1.82, 2.24) is 35.1 Å². The third-order valence-corrected chi connectivity index (χ3v) is 10.5. The van der Waals surface area contributed by atoms with E-state index < -0.39 is 47.0 Å². The van der Waals surface area contributed by atoms with Crippen molar-refractivity contribution in [2.24, 2.45) is 5.73 Å². The Bertz CT molecular complexity index is 3010. The molecule has 5 N–H and O–H groups in total. The molecule has 2 aromatic carbocycles. The summed E-state index contributed by atoms with van der Waals surface area (Å²) in [6.07, 6.45) is 7.20. The highest BCUT2D eigenvalue weighted by molar-refractivity contribution is 6.50. The molecule has 5 amide bonds. The Balaban J connectivity index is 0.000000326. The number of ether oxygens (including phenoxy) is 5. The molecule has 0 aliphatic carbocycles. The monoisotopic (exact) mass is 1030 g/mol. The maximum Gasteiger partial charge on any atom is 0.407 e. The lowest BCUT2D eigenvalue weighted by atomic mass is 9.96. The van der Waals surface area contributed by atoms with Crippen molar-refractivity contribution in [3.63, 3.8) is 0 Å². The summed E-state index contributed by atoms with van der Waals surface area (Å²) in [4.78, 5) is 92.4. The van der Waals surface area contributed by atoms with Gasteiger partial charge in [-0.05, 0) is 90.8 Å². The van der Waals surface area contributed by atoms with Crippen LogP contribution in [0.1, 0.15) is 96.3 Å². The van der Waals surface area contributed by atoms with Crippen LogP contribution in [0.15, 0.2) is 97.6 Å². The minimum Gasteiger partial charge on any atom is -0.496 e. The van der Waals surface area contributed by atoms with Crippen LogP contribution in [0.4, 0.5) is 9.59 Å². The fraction of sp³-hybridized carbons (Fsp3) is 0.364. The van der Waals surface area contributed by atoms with Gasteiger partial charge in [-0.15, -0.1) is 0 Å². The second kappa shape index (κ2) is 27.5. The van der Waals surface area contributed by atoms with Gasteiger partial charge in [-0.25, -0.2) is 24.4 Å². The number of Topliss-reactive ketones (excluding diaryl/α,β-unsaturated/α-hetero) is 1. The molecule has 0 spiro atoms. The number of nitrogens with zero attached hydrogens (tertiary/aromatic N) is 4. The number of esters is 1. The molecule has 6 aromatic rings. The summed E-state index contributed by atoms with van der Waals surface area (Å²) in [7, 11) is 4.26. The molecule has 0 fully saturated rings. The molecule has 75 heavy (non-hydrogen) atoms. The number of ketones is 1. The fourth-order valence-electron chi connectivity index (χ4n) is 7.53. The predicted octanol–water partition coefficient (Wildman–Crippen LogP) is 7.83. The Hall–Kier alpha value is -8.55. The average molecular weight is 1040 g/mol. The maximum atomic E-state index is 12.9. The highest BCUT2D eigenvalue weighted by Crippen LogP contribution is 2.38. The van der Waals surface area contributed by atoms with E-state index in [-0.39, 0.29) is 43.9 Å². The summed E-state index contributed by atoms with van der Waals surface area (Å²) in [6.45, 7) is 12.7. The Morgan fingerprint density at radius 2 is 1.11 bits per heavy atom. The molecule has 0 bridgehead atoms. The molecule has 1 aliphatic rings. The zero-order valence-electron chi connectivity index (χ0n) is 42.5. The molecule has 1 aliphatic heterocycles. The second-order valence-corrected chi connectivity index (χ2v) is 18.3. The number of primary amides is 1. The number of nitrogens with one attached hydrogen (secondary N) is 3. The van der Waals surface area contributed by atoms with E-state index in [4.69, 9.17) is 24.7 Å². The molecule has 20 heteroatoms. The van der Waals surface area contributed by atoms with Crippen LogP contribution in [0.2, 0.25) is 0 Å². The van der Waals surface area contributed by atoms with Crippen LogP contribution in [0.25, 0.3) is 33.2 Å². The van der Waals surface area contributed by atoms with Crippen LogP contribution in [-0.4, -0.2) is 106 Å². The highest BCUT2D eigenvalue weighted by Gasteiger charge is 2.35. The van der Waals surface area contributed by atoms with Crippen LogP contribution >= 0.6 is 0 Å². The first-order chi connectivity index (χ1) is 34.7. The van der Waals surface area contributed by atoms with Crippen molar-refractivity contribution in [3.05, 3.63) is 120 Å². The first kappa shape index (κ1) is 60.8. The number of nitrogens with two attached hydrogens (primary N) is 1. The van der Waals surface area contributed by atoms with E-state index in [9.17, 15) is 33.6 Å². The molecule has 7 rings (SSSR count). The highest BCUT2D eigenvalue weighted by atomic mass is 16.6. The molecular weight excluding hydrogens is 965 g/mol. The number of pyridine rings is 2. The molecule has 0 atom stereocenters. The molecule has 4 aromatic heterocycles. The van der Waals surface area contributed by atoms with Crippen molar-refractivity contribution in [3.8, 4) is 11.5 Å². The van der Waals surface area contributed by atoms with E-state index in [2.05, 4.69) is 30.7 Å². The maximum absolute atomic E-state index is 12.9. The van der Waals surface area contributed by atoms with Gasteiger partial charge < -0.3 is 49.2 Å². The Morgan fingerprint density at radius 1 is 0.627 bits per heavy atom. The Kier molecular flexibility index (Phi) is 22.3. The number of imide groups is 1. The van der Waals surface area contributed by atoms with Crippen LogP contribution in [0.5, 0.6) is 11.5 Å². The number of amides is 5. The molecule has 0 unspecified atom stereocenters. The van der Waals surface area contributed by atoms with E-state index in [1.165, 1.54) is 14.2 Å². The van der Waals surface area contributed by atoms with Crippen LogP contribution in [-0.2, 0) is 52.9 Å². The number of benzene rings is 2. The van der Waals surface area contributed by atoms with Crippen molar-refractivity contribution in [2.45, 2.75) is 99.9 Å². The van der Waals surface area contributed by atoms with Crippen LogP contribution < -0.4 is 31.2 Å². The number of methoxy groups -OCH3 is 3. The summed E-state index contributed by atoms with van der Waals surface area (Å²) in [6, 6.07) is 21.5. The zero-order chi connectivity index (χ0) is 53.5. The lowest BCUT2D eigenvalue weighted by molar-refractivity contribution is -0.135. The molecule has 0 saturated heterocycles. The number of carbonyl (C=O) groups excluding carboxylic acids is 7. The molecule has 20 nitrogen and oxygen atoms in total. The number of hydrogen-bond donors (Lipinski definition) is 4. The number of rotatable bonds is 16. The third-order valence-electron chi connectivity index (χ3n) is 10.5. The first-order valence-electron chi connectivity index (χ1n) is 23.2. The van der Waals surface area contributed by atoms with Gasteiger partial charge in [0.15, 0.2) is 0 Å². The number of aryl methyl sites for hydroxylation is 2. The first-order valence-corrected chi connectivity index (χ1v) is 23.2. The van der Waals surface area contributed by atoms with Gasteiger partial charge in [-0.1, -0.05) is 51.3 Å². The number of fused-ring (bicyclic) bond motifs is 2. The number of aromatic nitrogens is 4. The van der Waals surface area contributed by atoms with Crippen molar-refractivity contribution >= 4 is 74.9 Å². The minimum absolute atomic E-state index is 0. The summed E-state index contributed by atoms with van der Waals surface area (Å²) >= 11 is 0. The van der Waals surface area contributed by atoms with Crippen molar-refractivity contribution in [1.29, 1.82) is 0 Å². The average Bonchev–Trinajstić information content (AvgIpc) is 4.00. The number of hydrogen-bond acceptors (Lipinski definition) is 14. The third kappa shape index (κ3) is 16.7. The van der Waals surface area contributed by atoms with E-state index in [1.54, 1.807) is 99.6 Å². The Morgan fingerprint density at radius 3 is 1.63 bits per heavy atom. The lowest BCUT2D eigenvalue weighted by Crippen LogP contribution is -2.33. The van der Waals surface area contributed by atoms with E-state index in [0.29, 0.717) is 78.3 Å². The molecule has 0 saturated carbocycles. The van der Waals surface area contributed by atoms with Crippen molar-refractivity contribution < 1.29 is 57.2 Å². The van der Waals surface area contributed by atoms with Gasteiger partial charge in [0.2, 0.25) is 5.91 Å². The summed E-state index contributed by atoms with van der Waals surface area (Å²) in [5.41, 5.74) is 7.99. The number of alkyl carbamates (subject to hydrolysis) is 2. The molecule has 402 valence electrons. The normalized spacial score (nSPS) is 11.9. The zero-order valence-corrected chi connectivity index (χ0v) is 42.5. The smallest absolute Gasteiger partial charge is 0.407 e. The van der Waals surface area contributed by atoms with Gasteiger partial charge in [0.1, 0.15) is 34.0 Å². The molecule has 5 heterocycles.